The summed E-state index contributed by atoms with van der Waals surface area (Å²) in [6.45, 7) is 2.71. The molecule has 1 saturated heterocycles. The van der Waals surface area contributed by atoms with Crippen molar-refractivity contribution in [1.29, 1.82) is 0 Å². The second kappa shape index (κ2) is 9.74. The normalized spacial score (nSPS) is 16.4. The number of hydrogen-bond acceptors (Lipinski definition) is 6. The van der Waals surface area contributed by atoms with Gasteiger partial charge in [0.25, 0.3) is 5.91 Å². The number of carbonyl (C=O) groups excluding carboxylic acids is 1. The molecule has 0 radical (unpaired) electrons. The zero-order valence-corrected chi connectivity index (χ0v) is 15.8. The number of thioether (sulfide) groups is 1. The van der Waals surface area contributed by atoms with Gasteiger partial charge in [0.15, 0.2) is 5.16 Å². The number of rotatable bonds is 7. The molecule has 3 heterocycles. The highest BCUT2D eigenvalue weighted by molar-refractivity contribution is 7.99. The topological polar surface area (TPSA) is 84.7 Å². The first kappa shape index (κ1) is 19.7. The van der Waals surface area contributed by atoms with Gasteiger partial charge in [-0.25, -0.2) is 0 Å². The van der Waals surface area contributed by atoms with Crippen LogP contribution in [0.25, 0.3) is 0 Å². The summed E-state index contributed by atoms with van der Waals surface area (Å²) in [6.07, 6.45) is 7.32. The minimum atomic E-state index is -0.0764. The first-order chi connectivity index (χ1) is 11.7. The molecule has 1 atom stereocenters. The molecule has 1 aliphatic rings. The molecule has 25 heavy (non-hydrogen) atoms. The first-order valence-corrected chi connectivity index (χ1v) is 9.10. The second-order valence-corrected chi connectivity index (χ2v) is 7.04. The molecule has 0 aliphatic carbocycles. The van der Waals surface area contributed by atoms with Gasteiger partial charge in [0.1, 0.15) is 6.33 Å². The minimum absolute atomic E-state index is 0. The lowest BCUT2D eigenvalue weighted by atomic mass is 9.99. The summed E-state index contributed by atoms with van der Waals surface area (Å²) < 4.78 is 1.86. The van der Waals surface area contributed by atoms with Crippen molar-refractivity contribution in [2.75, 3.05) is 25.4 Å². The van der Waals surface area contributed by atoms with Crippen LogP contribution in [0.4, 0.5) is 0 Å². The van der Waals surface area contributed by atoms with Gasteiger partial charge in [-0.2, -0.15) is 0 Å². The standard InChI is InChI=1S/C16H22N6OS.ClH/c1-22-11-20-21-16(22)24-5-4-19-15(23)14-7-13(9-18-10-14)6-12-2-3-17-8-12;/h7,9-12,17H,2-6,8H2,1H3,(H,19,23);1H. The molecule has 0 spiro atoms. The van der Waals surface area contributed by atoms with Gasteiger partial charge in [0, 0.05) is 31.7 Å². The van der Waals surface area contributed by atoms with E-state index in [9.17, 15) is 4.79 Å². The molecule has 2 aromatic rings. The monoisotopic (exact) mass is 382 g/mol. The third-order valence-electron chi connectivity index (χ3n) is 4.03. The molecule has 3 rings (SSSR count). The Labute approximate surface area is 157 Å². The van der Waals surface area contributed by atoms with Crippen molar-refractivity contribution >= 4 is 30.1 Å². The number of hydrogen-bond donors (Lipinski definition) is 2. The highest BCUT2D eigenvalue weighted by Crippen LogP contribution is 2.15. The maximum atomic E-state index is 12.3. The van der Waals surface area contributed by atoms with Gasteiger partial charge in [0.2, 0.25) is 0 Å². The van der Waals surface area contributed by atoms with E-state index in [0.29, 0.717) is 18.0 Å². The first-order valence-electron chi connectivity index (χ1n) is 8.12. The predicted octanol–water partition coefficient (Wildman–Crippen LogP) is 1.31. The third kappa shape index (κ3) is 5.69. The van der Waals surface area contributed by atoms with E-state index in [0.717, 1.165) is 36.0 Å². The molecule has 2 aromatic heterocycles. The number of nitrogens with one attached hydrogen (secondary N) is 2. The molecule has 9 heteroatoms. The number of pyridine rings is 1. The molecular formula is C16H23ClN6OS. The predicted molar refractivity (Wildman–Crippen MR) is 100 cm³/mol. The van der Waals surface area contributed by atoms with Crippen molar-refractivity contribution < 1.29 is 4.79 Å². The summed E-state index contributed by atoms with van der Waals surface area (Å²) in [7, 11) is 1.90. The van der Waals surface area contributed by atoms with Crippen LogP contribution < -0.4 is 10.6 Å². The molecule has 0 saturated carbocycles. The second-order valence-electron chi connectivity index (χ2n) is 5.97. The van der Waals surface area contributed by atoms with E-state index >= 15 is 0 Å². The molecular weight excluding hydrogens is 360 g/mol. The smallest absolute Gasteiger partial charge is 0.252 e. The van der Waals surface area contributed by atoms with Gasteiger partial charge in [-0.15, -0.1) is 22.6 Å². The molecule has 1 aliphatic heterocycles. The molecule has 2 N–H and O–H groups in total. The Kier molecular flexibility index (Phi) is 7.67. The molecule has 7 nitrogen and oxygen atoms in total. The van der Waals surface area contributed by atoms with E-state index in [2.05, 4.69) is 25.8 Å². The average Bonchev–Trinajstić information content (AvgIpc) is 3.24. The average molecular weight is 383 g/mol. The third-order valence-corrected chi connectivity index (χ3v) is 5.07. The summed E-state index contributed by atoms with van der Waals surface area (Å²) in [5.74, 6) is 1.32. The van der Waals surface area contributed by atoms with Gasteiger partial charge in [-0.3, -0.25) is 9.78 Å². The summed E-state index contributed by atoms with van der Waals surface area (Å²) in [6, 6.07) is 1.95. The number of nitrogens with zero attached hydrogens (tertiary/aromatic N) is 4. The molecule has 0 bridgehead atoms. The maximum absolute atomic E-state index is 12.3. The molecule has 1 fully saturated rings. The summed E-state index contributed by atoms with van der Waals surface area (Å²) in [5, 5.41) is 15.0. The van der Waals surface area contributed by atoms with E-state index in [1.54, 1.807) is 24.3 Å². The van der Waals surface area contributed by atoms with Crippen LogP contribution in [-0.2, 0) is 13.5 Å². The fourth-order valence-electron chi connectivity index (χ4n) is 2.76. The van der Waals surface area contributed by atoms with Crippen LogP contribution in [0.1, 0.15) is 22.3 Å². The Hall–Kier alpha value is -1.64. The lowest BCUT2D eigenvalue weighted by Gasteiger charge is -2.09. The van der Waals surface area contributed by atoms with Crippen LogP contribution in [-0.4, -0.2) is 51.0 Å². The SMILES string of the molecule is Cl.Cn1cnnc1SCCNC(=O)c1cncc(CC2CCNC2)c1. The fourth-order valence-corrected chi connectivity index (χ4v) is 3.50. The summed E-state index contributed by atoms with van der Waals surface area (Å²) in [5.41, 5.74) is 1.76. The van der Waals surface area contributed by atoms with E-state index in [1.807, 2.05) is 23.9 Å². The van der Waals surface area contributed by atoms with Gasteiger partial charge in [-0.05, 0) is 43.5 Å². The van der Waals surface area contributed by atoms with Crippen LogP contribution in [0.15, 0.2) is 29.9 Å². The van der Waals surface area contributed by atoms with Crippen LogP contribution in [0, 0.1) is 5.92 Å². The molecule has 1 amide bonds. The zero-order chi connectivity index (χ0) is 16.8. The van der Waals surface area contributed by atoms with Crippen molar-refractivity contribution in [3.05, 3.63) is 35.9 Å². The fraction of sp³-hybridized carbons (Fsp3) is 0.500. The van der Waals surface area contributed by atoms with Gasteiger partial charge >= 0.3 is 0 Å². The quantitative estimate of drug-likeness (QED) is 0.554. The number of carbonyl (C=O) groups is 1. The Balaban J connectivity index is 0.00000225. The van der Waals surface area contributed by atoms with Crippen molar-refractivity contribution in [1.82, 2.24) is 30.4 Å². The van der Waals surface area contributed by atoms with Gasteiger partial charge in [0.05, 0.1) is 5.56 Å². The highest BCUT2D eigenvalue weighted by atomic mass is 35.5. The van der Waals surface area contributed by atoms with Gasteiger partial charge in [-0.1, -0.05) is 11.8 Å². The van der Waals surface area contributed by atoms with E-state index in [-0.39, 0.29) is 18.3 Å². The minimum Gasteiger partial charge on any atom is -0.351 e. The van der Waals surface area contributed by atoms with Crippen LogP contribution in [0.3, 0.4) is 0 Å². The Morgan fingerprint density at radius 2 is 2.36 bits per heavy atom. The van der Waals surface area contributed by atoms with E-state index < -0.39 is 0 Å². The van der Waals surface area contributed by atoms with Crippen LogP contribution in [0.5, 0.6) is 0 Å². The number of halogens is 1. The largest absolute Gasteiger partial charge is 0.351 e. The van der Waals surface area contributed by atoms with Gasteiger partial charge < -0.3 is 15.2 Å². The number of aromatic nitrogens is 4. The van der Waals surface area contributed by atoms with Crippen molar-refractivity contribution in [3.8, 4) is 0 Å². The Morgan fingerprint density at radius 1 is 1.48 bits per heavy atom. The Bertz CT molecular complexity index is 689. The molecule has 0 aromatic carbocycles. The maximum Gasteiger partial charge on any atom is 0.252 e. The molecule has 136 valence electrons. The lowest BCUT2D eigenvalue weighted by molar-refractivity contribution is 0.0955. The lowest BCUT2D eigenvalue weighted by Crippen LogP contribution is -2.26. The number of aryl methyl sites for hydroxylation is 1. The van der Waals surface area contributed by atoms with Crippen LogP contribution in [0.2, 0.25) is 0 Å². The van der Waals surface area contributed by atoms with Crippen LogP contribution >= 0.6 is 24.2 Å². The van der Waals surface area contributed by atoms with E-state index in [1.165, 1.54) is 6.42 Å². The van der Waals surface area contributed by atoms with Crippen molar-refractivity contribution in [2.24, 2.45) is 13.0 Å². The summed E-state index contributed by atoms with van der Waals surface area (Å²) in [4.78, 5) is 16.5. The van der Waals surface area contributed by atoms with Crippen molar-refractivity contribution in [2.45, 2.75) is 18.0 Å². The van der Waals surface area contributed by atoms with Crippen molar-refractivity contribution in [3.63, 3.8) is 0 Å². The molecule has 1 unspecified atom stereocenters. The number of amides is 1. The highest BCUT2D eigenvalue weighted by Gasteiger charge is 2.16. The summed E-state index contributed by atoms with van der Waals surface area (Å²) >= 11 is 1.57. The zero-order valence-electron chi connectivity index (χ0n) is 14.1. The Morgan fingerprint density at radius 3 is 3.08 bits per heavy atom. The van der Waals surface area contributed by atoms with E-state index in [4.69, 9.17) is 0 Å².